The molecule has 0 spiro atoms. The first-order valence-electron chi connectivity index (χ1n) is 6.88. The van der Waals surface area contributed by atoms with Gasteiger partial charge in [0.25, 0.3) is 0 Å². The maximum atomic E-state index is 11.8. The van der Waals surface area contributed by atoms with E-state index in [0.29, 0.717) is 5.56 Å². The van der Waals surface area contributed by atoms with Crippen LogP contribution in [0.5, 0.6) is 0 Å². The Kier molecular flexibility index (Phi) is 4.44. The van der Waals surface area contributed by atoms with Crippen molar-refractivity contribution in [1.82, 2.24) is 20.4 Å². The summed E-state index contributed by atoms with van der Waals surface area (Å²) in [7, 11) is 1.79. The molecule has 1 aromatic heterocycles. The number of urea groups is 1. The molecule has 20 heavy (non-hydrogen) atoms. The number of hydrogen-bond acceptors (Lipinski definition) is 3. The number of carbonyl (C=O) groups is 1. The highest BCUT2D eigenvalue weighted by molar-refractivity contribution is 5.74. The predicted octanol–water partition coefficient (Wildman–Crippen LogP) is 1.04. The van der Waals surface area contributed by atoms with Gasteiger partial charge in [0.05, 0.1) is 12.7 Å². The van der Waals surface area contributed by atoms with Crippen molar-refractivity contribution in [1.29, 1.82) is 0 Å². The lowest BCUT2D eigenvalue weighted by Gasteiger charge is -2.24. The summed E-state index contributed by atoms with van der Waals surface area (Å²) < 4.78 is 1.62. The van der Waals surface area contributed by atoms with Gasteiger partial charge in [-0.05, 0) is 26.2 Å². The summed E-state index contributed by atoms with van der Waals surface area (Å²) in [6.45, 7) is 1.81. The number of allylic oxidation sites excluding steroid dienone is 1. The number of rotatable bonds is 4. The molecule has 0 saturated carbocycles. The van der Waals surface area contributed by atoms with Crippen LogP contribution >= 0.6 is 0 Å². The Balaban J connectivity index is 1.81. The number of amides is 2. The second kappa shape index (κ2) is 6.09. The van der Waals surface area contributed by atoms with Crippen molar-refractivity contribution in [3.8, 4) is 0 Å². The third kappa shape index (κ3) is 3.84. The minimum Gasteiger partial charge on any atom is -0.383 e. The number of nitrogens with one attached hydrogen (secondary N) is 2. The van der Waals surface area contributed by atoms with Gasteiger partial charge >= 0.3 is 6.03 Å². The van der Waals surface area contributed by atoms with Crippen LogP contribution in [-0.4, -0.2) is 33.5 Å². The molecule has 1 heterocycles. The van der Waals surface area contributed by atoms with E-state index < -0.39 is 5.60 Å². The van der Waals surface area contributed by atoms with Gasteiger partial charge in [-0.3, -0.25) is 4.68 Å². The summed E-state index contributed by atoms with van der Waals surface area (Å²) >= 11 is 0. The molecule has 3 N–H and O–H groups in total. The normalized spacial score (nSPS) is 21.2. The van der Waals surface area contributed by atoms with E-state index in [1.165, 1.54) is 0 Å². The monoisotopic (exact) mass is 278 g/mol. The molecule has 6 heteroatoms. The zero-order valence-corrected chi connectivity index (χ0v) is 12.0. The topological polar surface area (TPSA) is 79.2 Å². The predicted molar refractivity (Wildman–Crippen MR) is 76.1 cm³/mol. The maximum absolute atomic E-state index is 11.8. The van der Waals surface area contributed by atoms with Gasteiger partial charge in [-0.25, -0.2) is 4.79 Å². The molecular formula is C14H22N4O2. The molecule has 1 aliphatic carbocycles. The van der Waals surface area contributed by atoms with Gasteiger partial charge in [-0.15, -0.1) is 0 Å². The molecule has 0 radical (unpaired) electrons. The van der Waals surface area contributed by atoms with E-state index >= 15 is 0 Å². The Bertz CT molecular complexity index is 493. The number of aryl methyl sites for hydroxylation is 1. The highest BCUT2D eigenvalue weighted by Crippen LogP contribution is 2.18. The van der Waals surface area contributed by atoms with Gasteiger partial charge in [0.2, 0.25) is 0 Å². The number of aliphatic hydroxyl groups is 1. The van der Waals surface area contributed by atoms with Crippen molar-refractivity contribution < 1.29 is 9.90 Å². The third-order valence-electron chi connectivity index (χ3n) is 3.52. The minimum atomic E-state index is -1.13. The summed E-state index contributed by atoms with van der Waals surface area (Å²) in [6, 6.07) is -0.0576. The molecule has 0 fully saturated rings. The molecular weight excluding hydrogens is 256 g/mol. The molecule has 0 saturated heterocycles. The molecule has 2 rings (SSSR count). The Morgan fingerprint density at radius 1 is 1.60 bits per heavy atom. The van der Waals surface area contributed by atoms with Gasteiger partial charge in [0.15, 0.2) is 0 Å². The van der Waals surface area contributed by atoms with Crippen LogP contribution < -0.4 is 10.6 Å². The zero-order chi connectivity index (χ0) is 14.6. The zero-order valence-electron chi connectivity index (χ0n) is 12.0. The largest absolute Gasteiger partial charge is 0.383 e. The van der Waals surface area contributed by atoms with Crippen LogP contribution in [0.15, 0.2) is 24.5 Å². The van der Waals surface area contributed by atoms with Gasteiger partial charge in [0, 0.05) is 24.8 Å². The van der Waals surface area contributed by atoms with E-state index in [1.54, 1.807) is 31.0 Å². The molecule has 2 unspecified atom stereocenters. The highest BCUT2D eigenvalue weighted by atomic mass is 16.3. The fraction of sp³-hybridized carbons (Fsp3) is 0.571. The van der Waals surface area contributed by atoms with Gasteiger partial charge in [0.1, 0.15) is 5.60 Å². The number of nitrogens with zero attached hydrogens (tertiary/aromatic N) is 2. The second-order valence-corrected chi connectivity index (χ2v) is 5.48. The van der Waals surface area contributed by atoms with Crippen molar-refractivity contribution >= 4 is 6.03 Å². The summed E-state index contributed by atoms with van der Waals surface area (Å²) in [4.78, 5) is 11.8. The molecule has 2 amide bonds. The van der Waals surface area contributed by atoms with Crippen LogP contribution in [0.3, 0.4) is 0 Å². The lowest BCUT2D eigenvalue weighted by Crippen LogP contribution is -2.46. The van der Waals surface area contributed by atoms with E-state index in [-0.39, 0.29) is 18.6 Å². The van der Waals surface area contributed by atoms with E-state index in [1.807, 2.05) is 0 Å². The highest BCUT2D eigenvalue weighted by Gasteiger charge is 2.25. The summed E-state index contributed by atoms with van der Waals surface area (Å²) in [5.74, 6) is 0. The van der Waals surface area contributed by atoms with Crippen molar-refractivity contribution in [2.45, 2.75) is 37.8 Å². The fourth-order valence-electron chi connectivity index (χ4n) is 2.21. The standard InChI is InChI=1S/C14H22N4O2/c1-14(20,11-8-16-18(2)9-11)10-15-13(19)17-12-6-4-3-5-7-12/h3-4,8-9,12,20H,5-7,10H2,1-2H3,(H2,15,17,19). The first-order valence-corrected chi connectivity index (χ1v) is 6.88. The lowest BCUT2D eigenvalue weighted by molar-refractivity contribution is 0.0591. The summed E-state index contributed by atoms with van der Waals surface area (Å²) in [6.07, 6.45) is 10.4. The average molecular weight is 278 g/mol. The first kappa shape index (κ1) is 14.6. The Hall–Kier alpha value is -1.82. The van der Waals surface area contributed by atoms with Gasteiger partial charge in [-0.2, -0.15) is 5.10 Å². The molecule has 0 aliphatic heterocycles. The summed E-state index contributed by atoms with van der Waals surface area (Å²) in [5, 5.41) is 20.0. The fourth-order valence-corrected chi connectivity index (χ4v) is 2.21. The van der Waals surface area contributed by atoms with Crippen LogP contribution in [-0.2, 0) is 12.6 Å². The molecule has 2 atom stereocenters. The summed E-state index contributed by atoms with van der Waals surface area (Å²) in [5.41, 5.74) is -0.446. The number of hydrogen-bond donors (Lipinski definition) is 3. The number of carbonyl (C=O) groups excluding carboxylic acids is 1. The van der Waals surface area contributed by atoms with Gasteiger partial charge in [-0.1, -0.05) is 12.2 Å². The van der Waals surface area contributed by atoms with Crippen molar-refractivity contribution in [2.24, 2.45) is 7.05 Å². The molecule has 110 valence electrons. The third-order valence-corrected chi connectivity index (χ3v) is 3.52. The van der Waals surface area contributed by atoms with E-state index in [2.05, 4.69) is 27.9 Å². The van der Waals surface area contributed by atoms with Crippen LogP contribution in [0, 0.1) is 0 Å². The van der Waals surface area contributed by atoms with Crippen LogP contribution in [0.4, 0.5) is 4.79 Å². The minimum absolute atomic E-state index is 0.146. The van der Waals surface area contributed by atoms with Crippen LogP contribution in [0.1, 0.15) is 31.7 Å². The van der Waals surface area contributed by atoms with Gasteiger partial charge < -0.3 is 15.7 Å². The van der Waals surface area contributed by atoms with E-state index in [0.717, 1.165) is 19.3 Å². The maximum Gasteiger partial charge on any atom is 0.315 e. The molecule has 0 bridgehead atoms. The van der Waals surface area contributed by atoms with Crippen molar-refractivity contribution in [2.75, 3.05) is 6.54 Å². The Morgan fingerprint density at radius 2 is 2.40 bits per heavy atom. The lowest BCUT2D eigenvalue weighted by atomic mass is 10.00. The average Bonchev–Trinajstić information content (AvgIpc) is 2.85. The van der Waals surface area contributed by atoms with Crippen LogP contribution in [0.25, 0.3) is 0 Å². The SMILES string of the molecule is Cn1cc(C(C)(O)CNC(=O)NC2CC=CCC2)cn1. The van der Waals surface area contributed by atoms with E-state index in [4.69, 9.17) is 0 Å². The van der Waals surface area contributed by atoms with Crippen molar-refractivity contribution in [3.05, 3.63) is 30.1 Å². The van der Waals surface area contributed by atoms with Crippen molar-refractivity contribution in [3.63, 3.8) is 0 Å². The molecule has 0 aromatic carbocycles. The molecule has 1 aliphatic rings. The van der Waals surface area contributed by atoms with Crippen LogP contribution in [0.2, 0.25) is 0 Å². The quantitative estimate of drug-likeness (QED) is 0.720. The Morgan fingerprint density at radius 3 is 3.00 bits per heavy atom. The molecule has 1 aromatic rings. The molecule has 6 nitrogen and oxygen atoms in total. The first-order chi connectivity index (χ1) is 9.47. The Labute approximate surface area is 118 Å². The number of aromatic nitrogens is 2. The smallest absolute Gasteiger partial charge is 0.315 e. The second-order valence-electron chi connectivity index (χ2n) is 5.48. The van der Waals surface area contributed by atoms with E-state index in [9.17, 15) is 9.90 Å².